The van der Waals surface area contributed by atoms with E-state index in [1.807, 2.05) is 6.07 Å². The molecule has 4 aromatic rings. The zero-order chi connectivity index (χ0) is 41.5. The van der Waals surface area contributed by atoms with Gasteiger partial charge in [-0.3, -0.25) is 4.79 Å². The second-order valence-corrected chi connectivity index (χ2v) is 16.4. The van der Waals surface area contributed by atoms with Gasteiger partial charge in [0.2, 0.25) is 15.9 Å². The number of sulfonamides is 1. The molecule has 2 aliphatic rings. The summed E-state index contributed by atoms with van der Waals surface area (Å²) >= 11 is 0. The number of ether oxygens (including phenoxy) is 2. The van der Waals surface area contributed by atoms with Crippen molar-refractivity contribution in [2.24, 2.45) is 5.92 Å². The molecule has 1 heterocycles. The van der Waals surface area contributed by atoms with Crippen LogP contribution in [0, 0.1) is 17.6 Å². The number of halogens is 4. The van der Waals surface area contributed by atoms with E-state index < -0.39 is 88.5 Å². The highest BCUT2D eigenvalue weighted by Gasteiger charge is 2.48. The van der Waals surface area contributed by atoms with Crippen molar-refractivity contribution in [3.63, 3.8) is 0 Å². The number of carbonyl (C=O) groups excluding carboxylic acids is 3. The Balaban J connectivity index is 1.24. The lowest BCUT2D eigenvalue weighted by molar-refractivity contribution is -0.124. The maximum Gasteiger partial charge on any atom is 0.410 e. The Kier molecular flexibility index (Phi) is 13.4. The second kappa shape index (κ2) is 18.4. The van der Waals surface area contributed by atoms with E-state index in [1.54, 1.807) is 42.5 Å². The first kappa shape index (κ1) is 42.1. The first-order valence-electron chi connectivity index (χ1n) is 18.8. The van der Waals surface area contributed by atoms with Crippen LogP contribution in [0.2, 0.25) is 0 Å². The normalized spacial score (nSPS) is 20.0. The minimum absolute atomic E-state index is 0.000406. The van der Waals surface area contributed by atoms with E-state index in [9.17, 15) is 31.6 Å². The predicted octanol–water partition coefficient (Wildman–Crippen LogP) is 6.84. The Morgan fingerprint density at radius 1 is 0.810 bits per heavy atom. The number of hydrogen-bond acceptors (Lipinski definition) is 7. The maximum atomic E-state index is 15.3. The van der Waals surface area contributed by atoms with E-state index in [2.05, 4.69) is 10.6 Å². The minimum Gasteiger partial charge on any atom is -0.453 e. The lowest BCUT2D eigenvalue weighted by Gasteiger charge is -2.40. The summed E-state index contributed by atoms with van der Waals surface area (Å²) in [6.45, 7) is -0.102. The highest BCUT2D eigenvalue weighted by Crippen LogP contribution is 2.42. The first-order chi connectivity index (χ1) is 27.7. The number of piperazine rings is 1. The molecule has 308 valence electrons. The van der Waals surface area contributed by atoms with Crippen molar-refractivity contribution in [3.05, 3.63) is 138 Å². The average molecular weight is 825 g/mol. The van der Waals surface area contributed by atoms with Gasteiger partial charge in [0.15, 0.2) is 0 Å². The lowest BCUT2D eigenvalue weighted by atomic mass is 9.84. The zero-order valence-corrected chi connectivity index (χ0v) is 32.4. The molecule has 2 N–H and O–H groups in total. The van der Waals surface area contributed by atoms with Crippen LogP contribution in [0.4, 0.5) is 27.2 Å². The molecule has 11 nitrogen and oxygen atoms in total. The minimum atomic E-state index is -4.07. The van der Waals surface area contributed by atoms with Crippen molar-refractivity contribution in [2.45, 2.75) is 67.2 Å². The summed E-state index contributed by atoms with van der Waals surface area (Å²) in [5, 5.41) is 5.21. The molecule has 0 aromatic heterocycles. The van der Waals surface area contributed by atoms with Gasteiger partial charge in [-0.1, -0.05) is 72.8 Å². The summed E-state index contributed by atoms with van der Waals surface area (Å²) < 4.78 is 98.1. The molecule has 1 saturated carbocycles. The molecule has 1 aliphatic carbocycles. The molecule has 4 atom stereocenters. The predicted molar refractivity (Wildman–Crippen MR) is 205 cm³/mol. The fourth-order valence-corrected chi connectivity index (χ4v) is 9.41. The van der Waals surface area contributed by atoms with E-state index in [0.717, 1.165) is 36.9 Å². The Morgan fingerprint density at radius 3 is 1.98 bits per heavy atom. The zero-order valence-electron chi connectivity index (χ0n) is 31.6. The van der Waals surface area contributed by atoms with Crippen LogP contribution in [0.25, 0.3) is 0 Å². The fourth-order valence-electron chi connectivity index (χ4n) is 7.75. The lowest BCUT2D eigenvalue weighted by Crippen LogP contribution is -2.56. The number of hydrogen-bond donors (Lipinski definition) is 2. The van der Waals surface area contributed by atoms with Crippen LogP contribution in [0.3, 0.4) is 0 Å². The molecule has 2 fully saturated rings. The number of alkyl halides is 2. The molecule has 0 radical (unpaired) electrons. The number of nitrogens with one attached hydrogen (secondary N) is 2. The third-order valence-electron chi connectivity index (χ3n) is 10.6. The molecular formula is C42H44F4N4O7S. The van der Waals surface area contributed by atoms with Gasteiger partial charge in [0.1, 0.15) is 24.3 Å². The van der Waals surface area contributed by atoms with Crippen LogP contribution < -0.4 is 10.6 Å². The van der Waals surface area contributed by atoms with Crippen LogP contribution in [0.5, 0.6) is 0 Å². The van der Waals surface area contributed by atoms with E-state index in [4.69, 9.17) is 9.47 Å². The smallest absolute Gasteiger partial charge is 0.410 e. The van der Waals surface area contributed by atoms with Crippen LogP contribution in [-0.2, 0) is 30.9 Å². The average Bonchev–Trinajstić information content (AvgIpc) is 3.52. The summed E-state index contributed by atoms with van der Waals surface area (Å²) in [6, 6.07) is 23.6. The Morgan fingerprint density at radius 2 is 1.40 bits per heavy atom. The Labute approximate surface area is 334 Å². The largest absolute Gasteiger partial charge is 0.453 e. The van der Waals surface area contributed by atoms with Crippen molar-refractivity contribution in [2.75, 3.05) is 26.7 Å². The number of carbonyl (C=O) groups is 3. The maximum absolute atomic E-state index is 15.3. The first-order valence-corrected chi connectivity index (χ1v) is 20.2. The molecule has 1 aliphatic heterocycles. The van der Waals surface area contributed by atoms with Gasteiger partial charge >= 0.3 is 12.2 Å². The summed E-state index contributed by atoms with van der Waals surface area (Å²) in [4.78, 5) is 41.6. The standard InChI is InChI=1S/C42H44F4N4O7S/c1-56-40(52)48-38(37(29-12-17-32(43)18-13-29)30-14-19-33(44)20-15-30)39(51)47-36-25-42(45,46)24-31(36)16-21-34-26-49(41(53)57-27-28-8-4-2-5-9-28)22-23-50(34)58(54,55)35-10-6-3-7-11-35/h2-15,17-20,31,34,36-38H,16,21-27H2,1H3,(H,47,51)(H,48,52)/t31?,34-,36?,38-/m0/s1. The van der Waals surface area contributed by atoms with Crippen LogP contribution in [0.1, 0.15) is 48.3 Å². The van der Waals surface area contributed by atoms with Gasteiger partial charge in [0.05, 0.1) is 12.0 Å². The summed E-state index contributed by atoms with van der Waals surface area (Å²) in [5.74, 6) is -7.08. The highest BCUT2D eigenvalue weighted by molar-refractivity contribution is 7.89. The topological polar surface area (TPSA) is 134 Å². The third-order valence-corrected chi connectivity index (χ3v) is 12.6. The Bertz CT molecular complexity index is 2090. The molecular weight excluding hydrogens is 781 g/mol. The molecule has 58 heavy (non-hydrogen) atoms. The molecule has 6 rings (SSSR count). The van der Waals surface area contributed by atoms with E-state index in [0.29, 0.717) is 11.1 Å². The highest BCUT2D eigenvalue weighted by atomic mass is 32.2. The van der Waals surface area contributed by atoms with Crippen molar-refractivity contribution in [1.29, 1.82) is 0 Å². The number of alkyl carbamates (subject to hydrolysis) is 1. The monoisotopic (exact) mass is 824 g/mol. The quantitative estimate of drug-likeness (QED) is 0.141. The second-order valence-electron chi connectivity index (χ2n) is 14.5. The van der Waals surface area contributed by atoms with E-state index in [1.165, 1.54) is 45.6 Å². The van der Waals surface area contributed by atoms with Crippen molar-refractivity contribution < 1.29 is 49.8 Å². The number of rotatable bonds is 13. The molecule has 1 saturated heterocycles. The van der Waals surface area contributed by atoms with Crippen molar-refractivity contribution >= 4 is 28.1 Å². The number of nitrogens with zero attached hydrogens (tertiary/aromatic N) is 2. The van der Waals surface area contributed by atoms with Crippen molar-refractivity contribution in [3.8, 4) is 0 Å². The number of amides is 3. The summed E-state index contributed by atoms with van der Waals surface area (Å²) in [7, 11) is -2.99. The van der Waals surface area contributed by atoms with Gasteiger partial charge in [-0.15, -0.1) is 0 Å². The van der Waals surface area contributed by atoms with Gasteiger partial charge < -0.3 is 25.0 Å². The fraction of sp³-hybridized carbons (Fsp3) is 0.357. The molecule has 0 spiro atoms. The van der Waals surface area contributed by atoms with Crippen LogP contribution in [0.15, 0.2) is 114 Å². The van der Waals surface area contributed by atoms with Gasteiger partial charge in [-0.2, -0.15) is 4.31 Å². The molecule has 16 heteroatoms. The van der Waals surface area contributed by atoms with Gasteiger partial charge in [0, 0.05) is 50.5 Å². The molecule has 0 bridgehead atoms. The summed E-state index contributed by atoms with van der Waals surface area (Å²) in [6.07, 6.45) is -2.92. The van der Waals surface area contributed by atoms with E-state index in [-0.39, 0.29) is 44.0 Å². The molecule has 2 unspecified atom stereocenters. The van der Waals surface area contributed by atoms with Crippen LogP contribution >= 0.6 is 0 Å². The molecule has 4 aromatic carbocycles. The van der Waals surface area contributed by atoms with Crippen LogP contribution in [-0.4, -0.2) is 86.5 Å². The van der Waals surface area contributed by atoms with Crippen molar-refractivity contribution in [1.82, 2.24) is 19.8 Å². The van der Waals surface area contributed by atoms with Gasteiger partial charge in [-0.25, -0.2) is 35.6 Å². The SMILES string of the molecule is COC(=O)N[C@H](C(=O)NC1CC(F)(F)CC1CC[C@H]1CN(C(=O)OCc2ccccc2)CCN1S(=O)(=O)c1ccccc1)C(c1ccc(F)cc1)c1ccc(F)cc1. The number of methoxy groups -OCH3 is 1. The van der Waals surface area contributed by atoms with Gasteiger partial charge in [0.25, 0.3) is 5.92 Å². The van der Waals surface area contributed by atoms with E-state index >= 15 is 8.78 Å². The third kappa shape index (κ3) is 10.3. The van der Waals surface area contributed by atoms with Gasteiger partial charge in [-0.05, 0) is 71.8 Å². The Hall–Kier alpha value is -5.48. The number of benzene rings is 4. The molecule has 3 amide bonds. The summed E-state index contributed by atoms with van der Waals surface area (Å²) in [5.41, 5.74) is 1.49.